The lowest BCUT2D eigenvalue weighted by molar-refractivity contribution is 0.0733. The van der Waals surface area contributed by atoms with Crippen molar-refractivity contribution in [1.29, 1.82) is 0 Å². The molecule has 5 nitrogen and oxygen atoms in total. The number of sulfonamides is 1. The lowest BCUT2D eigenvalue weighted by Crippen LogP contribution is -2.30. The van der Waals surface area contributed by atoms with Crippen LogP contribution in [0.3, 0.4) is 0 Å². The normalized spacial score (nSPS) is 11.5. The summed E-state index contributed by atoms with van der Waals surface area (Å²) < 4.78 is 23.5. The van der Waals surface area contributed by atoms with Crippen molar-refractivity contribution in [2.24, 2.45) is 5.14 Å². The van der Waals surface area contributed by atoms with Gasteiger partial charge in [0, 0.05) is 15.3 Å². The van der Waals surface area contributed by atoms with E-state index in [0.29, 0.717) is 24.2 Å². The van der Waals surface area contributed by atoms with Crippen molar-refractivity contribution >= 4 is 38.6 Å². The number of amides is 1. The highest BCUT2D eigenvalue weighted by Crippen LogP contribution is 2.22. The van der Waals surface area contributed by atoms with E-state index in [4.69, 9.17) is 5.14 Å². The first-order valence-corrected chi connectivity index (χ1v) is 11.1. The highest BCUT2D eigenvalue weighted by molar-refractivity contribution is 7.89. The predicted octanol–water partition coefficient (Wildman–Crippen LogP) is 3.61. The Hall–Kier alpha value is -2.00. The van der Waals surface area contributed by atoms with Crippen molar-refractivity contribution in [1.82, 2.24) is 4.90 Å². The molecule has 0 spiro atoms. The number of carbonyl (C=O) groups is 1. The molecule has 1 aromatic carbocycles. The van der Waals surface area contributed by atoms with Gasteiger partial charge in [-0.15, -0.1) is 22.7 Å². The molecule has 26 heavy (non-hydrogen) atoms. The first kappa shape index (κ1) is 18.8. The molecule has 3 rings (SSSR count). The molecule has 2 aromatic heterocycles. The number of hydrogen-bond donors (Lipinski definition) is 1. The molecule has 0 saturated heterocycles. The summed E-state index contributed by atoms with van der Waals surface area (Å²) in [6.45, 7) is 2.59. The van der Waals surface area contributed by atoms with Gasteiger partial charge in [-0.05, 0) is 47.5 Å². The summed E-state index contributed by atoms with van der Waals surface area (Å²) >= 11 is 3.16. The van der Waals surface area contributed by atoms with Crippen LogP contribution in [0.1, 0.15) is 25.7 Å². The Kier molecular flexibility index (Phi) is 5.57. The van der Waals surface area contributed by atoms with Crippen molar-refractivity contribution in [3.63, 3.8) is 0 Å². The Morgan fingerprint density at radius 3 is 2.08 bits per heavy atom. The highest BCUT2D eigenvalue weighted by Gasteiger charge is 2.21. The number of thiophene rings is 2. The first-order chi connectivity index (χ1) is 12.3. The second-order valence-corrected chi connectivity index (χ2v) is 9.44. The molecule has 0 aliphatic rings. The molecular weight excluding hydrogens is 388 g/mol. The predicted molar refractivity (Wildman–Crippen MR) is 105 cm³/mol. The van der Waals surface area contributed by atoms with Gasteiger partial charge in [-0.3, -0.25) is 4.79 Å². The second-order valence-electron chi connectivity index (χ2n) is 5.85. The number of nitrogens with two attached hydrogens (primary N) is 1. The van der Waals surface area contributed by atoms with Crippen LogP contribution in [0.5, 0.6) is 0 Å². The van der Waals surface area contributed by atoms with Crippen LogP contribution in [0.4, 0.5) is 0 Å². The van der Waals surface area contributed by atoms with Gasteiger partial charge in [0.2, 0.25) is 10.0 Å². The van der Waals surface area contributed by atoms with Gasteiger partial charge in [0.15, 0.2) is 0 Å². The van der Waals surface area contributed by atoms with Crippen molar-refractivity contribution in [3.8, 4) is 0 Å². The Labute approximate surface area is 160 Å². The van der Waals surface area contributed by atoms with Crippen LogP contribution >= 0.6 is 22.7 Å². The van der Waals surface area contributed by atoms with Gasteiger partial charge >= 0.3 is 0 Å². The monoisotopic (exact) mass is 406 g/mol. The van der Waals surface area contributed by atoms with Gasteiger partial charge in [0.1, 0.15) is 0 Å². The maximum Gasteiger partial charge on any atom is 0.254 e. The fourth-order valence-electron chi connectivity index (χ4n) is 2.60. The molecule has 0 atom stereocenters. The van der Waals surface area contributed by atoms with Crippen LogP contribution in [-0.4, -0.2) is 19.2 Å². The number of benzene rings is 1. The van der Waals surface area contributed by atoms with E-state index in [1.807, 2.05) is 35.0 Å². The Morgan fingerprint density at radius 2 is 1.62 bits per heavy atom. The molecule has 0 unspecified atom stereocenters. The highest BCUT2D eigenvalue weighted by atomic mass is 32.2. The van der Waals surface area contributed by atoms with Crippen molar-refractivity contribution in [3.05, 3.63) is 74.1 Å². The standard InChI is InChI=1S/C18H18N2O3S3/c1-13-6-7-14(10-17(13)26(19,22)23)18(21)20(11-15-4-2-8-24-15)12-16-5-3-9-25-16/h2-10H,11-12H2,1H3,(H2,19,22,23). The number of nitrogens with zero attached hydrogens (tertiary/aromatic N) is 1. The van der Waals surface area contributed by atoms with E-state index in [0.717, 1.165) is 9.75 Å². The minimum absolute atomic E-state index is 0.0180. The van der Waals surface area contributed by atoms with Crippen LogP contribution in [-0.2, 0) is 23.1 Å². The Morgan fingerprint density at radius 1 is 1.04 bits per heavy atom. The molecule has 8 heteroatoms. The molecule has 0 radical (unpaired) electrons. The van der Waals surface area contributed by atoms with Gasteiger partial charge in [0.05, 0.1) is 18.0 Å². The zero-order valence-electron chi connectivity index (χ0n) is 14.1. The summed E-state index contributed by atoms with van der Waals surface area (Å²) in [6.07, 6.45) is 0. The van der Waals surface area contributed by atoms with E-state index in [-0.39, 0.29) is 10.8 Å². The molecule has 0 aliphatic heterocycles. The lowest BCUT2D eigenvalue weighted by atomic mass is 10.1. The minimum Gasteiger partial charge on any atom is -0.328 e. The van der Waals surface area contributed by atoms with Crippen molar-refractivity contribution in [2.45, 2.75) is 24.9 Å². The number of rotatable bonds is 6. The van der Waals surface area contributed by atoms with Gasteiger partial charge in [0.25, 0.3) is 5.91 Å². The lowest BCUT2D eigenvalue weighted by Gasteiger charge is -2.22. The average Bonchev–Trinajstić information content (AvgIpc) is 3.27. The SMILES string of the molecule is Cc1ccc(C(=O)N(Cc2cccs2)Cc2cccs2)cc1S(N)(=O)=O. The van der Waals surface area contributed by atoms with Crippen LogP contribution in [0.2, 0.25) is 0 Å². The fourth-order valence-corrected chi connectivity index (χ4v) is 4.85. The fraction of sp³-hybridized carbons (Fsp3) is 0.167. The van der Waals surface area contributed by atoms with Gasteiger partial charge in [-0.2, -0.15) is 0 Å². The third-order valence-electron chi connectivity index (χ3n) is 3.88. The summed E-state index contributed by atoms with van der Waals surface area (Å²) in [4.78, 5) is 16.9. The van der Waals surface area contributed by atoms with E-state index < -0.39 is 10.0 Å². The van der Waals surface area contributed by atoms with Crippen molar-refractivity contribution < 1.29 is 13.2 Å². The van der Waals surface area contributed by atoms with E-state index in [1.54, 1.807) is 46.6 Å². The smallest absolute Gasteiger partial charge is 0.254 e. The Bertz CT molecular complexity index is 958. The average molecular weight is 407 g/mol. The third kappa shape index (κ3) is 4.39. The van der Waals surface area contributed by atoms with E-state index in [2.05, 4.69) is 0 Å². The molecule has 1 amide bonds. The molecule has 0 saturated carbocycles. The largest absolute Gasteiger partial charge is 0.328 e. The molecule has 136 valence electrons. The first-order valence-electron chi connectivity index (χ1n) is 7.82. The van der Waals surface area contributed by atoms with E-state index in [1.165, 1.54) is 6.07 Å². The summed E-state index contributed by atoms with van der Waals surface area (Å²) in [6, 6.07) is 12.5. The number of primary sulfonamides is 1. The van der Waals surface area contributed by atoms with Gasteiger partial charge < -0.3 is 4.90 Å². The Balaban J connectivity index is 1.94. The summed E-state index contributed by atoms with van der Waals surface area (Å²) in [7, 11) is -3.88. The third-order valence-corrected chi connectivity index (χ3v) is 6.66. The summed E-state index contributed by atoms with van der Waals surface area (Å²) in [5.41, 5.74) is 0.833. The van der Waals surface area contributed by atoms with E-state index >= 15 is 0 Å². The minimum atomic E-state index is -3.88. The summed E-state index contributed by atoms with van der Waals surface area (Å²) in [5.74, 6) is -0.225. The molecule has 2 N–H and O–H groups in total. The van der Waals surface area contributed by atoms with E-state index in [9.17, 15) is 13.2 Å². The van der Waals surface area contributed by atoms with Crippen LogP contribution in [0.25, 0.3) is 0 Å². The molecule has 0 fully saturated rings. The van der Waals surface area contributed by atoms with Crippen LogP contribution in [0, 0.1) is 6.92 Å². The van der Waals surface area contributed by atoms with Gasteiger partial charge in [-0.25, -0.2) is 13.6 Å². The zero-order valence-corrected chi connectivity index (χ0v) is 16.5. The summed E-state index contributed by atoms with van der Waals surface area (Å²) in [5, 5.41) is 9.21. The molecular formula is C18H18N2O3S3. The maximum absolute atomic E-state index is 13.1. The maximum atomic E-state index is 13.1. The molecule has 2 heterocycles. The van der Waals surface area contributed by atoms with Crippen molar-refractivity contribution in [2.75, 3.05) is 0 Å². The number of carbonyl (C=O) groups excluding carboxylic acids is 1. The van der Waals surface area contributed by atoms with Crippen LogP contribution in [0.15, 0.2) is 58.1 Å². The topological polar surface area (TPSA) is 80.5 Å². The molecule has 0 aliphatic carbocycles. The zero-order chi connectivity index (χ0) is 18.7. The number of aryl methyl sites for hydroxylation is 1. The quantitative estimate of drug-likeness (QED) is 0.679. The van der Waals surface area contributed by atoms with Gasteiger partial charge in [-0.1, -0.05) is 18.2 Å². The second kappa shape index (κ2) is 7.71. The molecule has 0 bridgehead atoms. The number of hydrogen-bond acceptors (Lipinski definition) is 5. The van der Waals surface area contributed by atoms with Crippen LogP contribution < -0.4 is 5.14 Å². The molecule has 3 aromatic rings.